The van der Waals surface area contributed by atoms with Crippen LogP contribution in [0.4, 0.5) is 4.39 Å². The summed E-state index contributed by atoms with van der Waals surface area (Å²) in [6.07, 6.45) is 0. The smallest absolute Gasteiger partial charge is 0.252 e. The van der Waals surface area contributed by atoms with Gasteiger partial charge in [-0.3, -0.25) is 9.69 Å². The number of piperazine rings is 1. The Morgan fingerprint density at radius 2 is 1.83 bits per heavy atom. The lowest BCUT2D eigenvalue weighted by molar-refractivity contribution is -0.135. The van der Waals surface area contributed by atoms with Gasteiger partial charge in [-0.1, -0.05) is 42.5 Å². The minimum absolute atomic E-state index is 0.0167. The first-order valence-corrected chi connectivity index (χ1v) is 9.67. The minimum Gasteiger partial charge on any atom is -0.338 e. The zero-order chi connectivity index (χ0) is 20.2. The monoisotopic (exact) mass is 394 g/mol. The Kier molecular flexibility index (Phi) is 5.62. The van der Waals surface area contributed by atoms with E-state index in [2.05, 4.69) is 20.4 Å². The molecule has 3 aromatic rings. The molecule has 0 bridgehead atoms. The summed E-state index contributed by atoms with van der Waals surface area (Å²) in [5, 5.41) is 11.7. The number of carbonyl (C=O) groups excluding carboxylic acids is 1. The summed E-state index contributed by atoms with van der Waals surface area (Å²) in [7, 11) is 0. The number of aryl methyl sites for hydroxylation is 1. The second-order valence-corrected chi connectivity index (χ2v) is 7.22. The number of halogens is 1. The van der Waals surface area contributed by atoms with Gasteiger partial charge in [-0.15, -0.1) is 5.10 Å². The molecule has 0 spiro atoms. The van der Waals surface area contributed by atoms with Crippen molar-refractivity contribution in [1.29, 1.82) is 0 Å². The lowest BCUT2D eigenvalue weighted by Gasteiger charge is -2.36. The zero-order valence-corrected chi connectivity index (χ0v) is 16.3. The van der Waals surface area contributed by atoms with Crippen molar-refractivity contribution < 1.29 is 9.18 Å². The standard InChI is InChI=1S/C21H23FN6O/c1-16-23-24-25-28(16)20(18-7-3-2-4-8-18)21(29)27-12-10-26(11-13-27)15-17-6-5-9-19(22)14-17/h2-9,14,20H,10-13,15H2,1H3. The summed E-state index contributed by atoms with van der Waals surface area (Å²) in [6.45, 7) is 5.15. The molecule has 150 valence electrons. The molecule has 4 rings (SSSR count). The van der Waals surface area contributed by atoms with Crippen LogP contribution in [0.2, 0.25) is 0 Å². The molecule has 0 saturated carbocycles. The highest BCUT2D eigenvalue weighted by atomic mass is 19.1. The molecule has 1 aliphatic rings. The van der Waals surface area contributed by atoms with Crippen LogP contribution in [0.5, 0.6) is 0 Å². The molecular weight excluding hydrogens is 371 g/mol. The molecule has 29 heavy (non-hydrogen) atoms. The van der Waals surface area contributed by atoms with Crippen LogP contribution >= 0.6 is 0 Å². The first-order valence-electron chi connectivity index (χ1n) is 9.67. The van der Waals surface area contributed by atoms with Gasteiger partial charge >= 0.3 is 0 Å². The highest BCUT2D eigenvalue weighted by Crippen LogP contribution is 2.22. The van der Waals surface area contributed by atoms with E-state index >= 15 is 0 Å². The number of rotatable bonds is 5. The fourth-order valence-corrected chi connectivity index (χ4v) is 3.69. The molecule has 0 aliphatic carbocycles. The van der Waals surface area contributed by atoms with E-state index in [4.69, 9.17) is 0 Å². The SMILES string of the molecule is Cc1nnnn1C(C(=O)N1CCN(Cc2cccc(F)c2)CC1)c1ccccc1. The molecule has 0 radical (unpaired) electrons. The zero-order valence-electron chi connectivity index (χ0n) is 16.3. The van der Waals surface area contributed by atoms with E-state index in [0.717, 1.165) is 24.2 Å². The van der Waals surface area contributed by atoms with Crippen LogP contribution in [0.25, 0.3) is 0 Å². The molecule has 2 heterocycles. The Hall–Kier alpha value is -3.13. The molecule has 1 amide bonds. The summed E-state index contributed by atoms with van der Waals surface area (Å²) in [5.41, 5.74) is 1.80. The summed E-state index contributed by atoms with van der Waals surface area (Å²) in [5.74, 6) is 0.354. The van der Waals surface area contributed by atoms with E-state index < -0.39 is 6.04 Å². The topological polar surface area (TPSA) is 67.2 Å². The third kappa shape index (κ3) is 4.32. The fraction of sp³-hybridized carbons (Fsp3) is 0.333. The van der Waals surface area contributed by atoms with Crippen LogP contribution in [0.1, 0.15) is 23.0 Å². The fourth-order valence-electron chi connectivity index (χ4n) is 3.69. The molecule has 1 aliphatic heterocycles. The van der Waals surface area contributed by atoms with Crippen molar-refractivity contribution in [2.24, 2.45) is 0 Å². The molecule has 8 heteroatoms. The van der Waals surface area contributed by atoms with E-state index in [1.807, 2.05) is 41.3 Å². The van der Waals surface area contributed by atoms with Gasteiger partial charge in [-0.05, 0) is 40.6 Å². The van der Waals surface area contributed by atoms with E-state index in [9.17, 15) is 9.18 Å². The van der Waals surface area contributed by atoms with Crippen molar-refractivity contribution in [2.45, 2.75) is 19.5 Å². The van der Waals surface area contributed by atoms with Crippen molar-refractivity contribution >= 4 is 5.91 Å². The van der Waals surface area contributed by atoms with Gasteiger partial charge in [-0.25, -0.2) is 9.07 Å². The van der Waals surface area contributed by atoms with Gasteiger partial charge in [-0.2, -0.15) is 0 Å². The van der Waals surface area contributed by atoms with Gasteiger partial charge in [0.1, 0.15) is 11.6 Å². The number of hydrogen-bond acceptors (Lipinski definition) is 5. The lowest BCUT2D eigenvalue weighted by atomic mass is 10.0. The molecule has 0 N–H and O–H groups in total. The van der Waals surface area contributed by atoms with Gasteiger partial charge in [0.25, 0.3) is 5.91 Å². The molecule has 1 aromatic heterocycles. The largest absolute Gasteiger partial charge is 0.338 e. The summed E-state index contributed by atoms with van der Waals surface area (Å²) >= 11 is 0. The van der Waals surface area contributed by atoms with Crippen LogP contribution in [0, 0.1) is 12.7 Å². The van der Waals surface area contributed by atoms with Crippen molar-refractivity contribution in [3.63, 3.8) is 0 Å². The maximum absolute atomic E-state index is 13.4. The predicted molar refractivity (Wildman–Crippen MR) is 105 cm³/mol. The Balaban J connectivity index is 1.46. The highest BCUT2D eigenvalue weighted by molar-refractivity contribution is 5.83. The van der Waals surface area contributed by atoms with E-state index in [0.29, 0.717) is 25.5 Å². The average molecular weight is 394 g/mol. The number of hydrogen-bond donors (Lipinski definition) is 0. The molecule has 2 aromatic carbocycles. The van der Waals surface area contributed by atoms with Crippen molar-refractivity contribution in [1.82, 2.24) is 30.0 Å². The van der Waals surface area contributed by atoms with E-state index in [-0.39, 0.29) is 11.7 Å². The second kappa shape index (κ2) is 8.48. The van der Waals surface area contributed by atoms with Gasteiger partial charge in [0, 0.05) is 32.7 Å². The molecule has 1 saturated heterocycles. The third-order valence-corrected chi connectivity index (χ3v) is 5.23. The molecule has 7 nitrogen and oxygen atoms in total. The summed E-state index contributed by atoms with van der Waals surface area (Å²) < 4.78 is 15.0. The summed E-state index contributed by atoms with van der Waals surface area (Å²) in [4.78, 5) is 17.5. The number of nitrogens with zero attached hydrogens (tertiary/aromatic N) is 6. The molecular formula is C21H23FN6O. The number of carbonyl (C=O) groups is 1. The van der Waals surface area contributed by atoms with Crippen LogP contribution in [0.3, 0.4) is 0 Å². The number of aromatic nitrogens is 4. The number of amides is 1. The molecule has 1 atom stereocenters. The van der Waals surface area contributed by atoms with Crippen molar-refractivity contribution in [3.05, 3.63) is 77.4 Å². The number of benzene rings is 2. The second-order valence-electron chi connectivity index (χ2n) is 7.22. The normalized spacial score (nSPS) is 16.0. The van der Waals surface area contributed by atoms with Crippen LogP contribution in [0.15, 0.2) is 54.6 Å². The average Bonchev–Trinajstić information content (AvgIpc) is 3.15. The minimum atomic E-state index is -0.582. The Bertz CT molecular complexity index is 968. The first kappa shape index (κ1) is 19.2. The molecule has 1 fully saturated rings. The van der Waals surface area contributed by atoms with E-state index in [1.165, 1.54) is 6.07 Å². The first-order chi connectivity index (χ1) is 14.1. The van der Waals surface area contributed by atoms with Gasteiger partial charge in [0.2, 0.25) is 0 Å². The maximum Gasteiger partial charge on any atom is 0.252 e. The number of tetrazole rings is 1. The highest BCUT2D eigenvalue weighted by Gasteiger charge is 2.31. The Labute approximate surface area is 168 Å². The van der Waals surface area contributed by atoms with Gasteiger partial charge < -0.3 is 4.90 Å². The maximum atomic E-state index is 13.4. The van der Waals surface area contributed by atoms with E-state index in [1.54, 1.807) is 23.7 Å². The Morgan fingerprint density at radius 1 is 1.07 bits per heavy atom. The lowest BCUT2D eigenvalue weighted by Crippen LogP contribution is -2.50. The Morgan fingerprint density at radius 3 is 2.48 bits per heavy atom. The van der Waals surface area contributed by atoms with Crippen molar-refractivity contribution in [2.75, 3.05) is 26.2 Å². The van der Waals surface area contributed by atoms with Crippen LogP contribution in [-0.4, -0.2) is 62.1 Å². The third-order valence-electron chi connectivity index (χ3n) is 5.23. The van der Waals surface area contributed by atoms with Crippen molar-refractivity contribution in [3.8, 4) is 0 Å². The van der Waals surface area contributed by atoms with Gasteiger partial charge in [0.05, 0.1) is 0 Å². The van der Waals surface area contributed by atoms with Crippen LogP contribution < -0.4 is 0 Å². The predicted octanol–water partition coefficient (Wildman–Crippen LogP) is 2.05. The summed E-state index contributed by atoms with van der Waals surface area (Å²) in [6, 6.07) is 15.7. The quantitative estimate of drug-likeness (QED) is 0.663. The van der Waals surface area contributed by atoms with Gasteiger partial charge in [0.15, 0.2) is 6.04 Å². The van der Waals surface area contributed by atoms with Crippen LogP contribution in [-0.2, 0) is 11.3 Å². The molecule has 1 unspecified atom stereocenters.